The minimum absolute atomic E-state index is 0.0612. The SMILES string of the molecule is CC(N)CCCC(C)C(=O)Cc1cccc(O)c1. The third kappa shape index (κ3) is 5.32. The van der Waals surface area contributed by atoms with Gasteiger partial charge in [0.1, 0.15) is 11.5 Å². The summed E-state index contributed by atoms with van der Waals surface area (Å²) in [6.07, 6.45) is 3.24. The zero-order valence-corrected chi connectivity index (χ0v) is 11.2. The number of aromatic hydroxyl groups is 1. The molecule has 2 atom stereocenters. The monoisotopic (exact) mass is 249 g/mol. The highest BCUT2D eigenvalue weighted by Gasteiger charge is 2.13. The molecule has 3 heteroatoms. The molecule has 0 saturated heterocycles. The van der Waals surface area contributed by atoms with Crippen LogP contribution in [0.1, 0.15) is 38.7 Å². The zero-order valence-electron chi connectivity index (χ0n) is 11.2. The molecule has 0 aliphatic heterocycles. The van der Waals surface area contributed by atoms with Gasteiger partial charge >= 0.3 is 0 Å². The molecule has 1 aromatic carbocycles. The van der Waals surface area contributed by atoms with Crippen molar-refractivity contribution in [1.29, 1.82) is 0 Å². The summed E-state index contributed by atoms with van der Waals surface area (Å²) in [5.41, 5.74) is 6.56. The molecule has 2 unspecified atom stereocenters. The van der Waals surface area contributed by atoms with Gasteiger partial charge in [0, 0.05) is 18.4 Å². The Kier molecular flexibility index (Phi) is 5.86. The van der Waals surface area contributed by atoms with E-state index < -0.39 is 0 Å². The van der Waals surface area contributed by atoms with E-state index in [2.05, 4.69) is 0 Å². The van der Waals surface area contributed by atoms with E-state index in [1.165, 1.54) is 0 Å². The molecule has 100 valence electrons. The third-order valence-electron chi connectivity index (χ3n) is 3.14. The van der Waals surface area contributed by atoms with Crippen molar-refractivity contribution in [3.63, 3.8) is 0 Å². The van der Waals surface area contributed by atoms with Gasteiger partial charge in [-0.1, -0.05) is 25.5 Å². The van der Waals surface area contributed by atoms with Crippen molar-refractivity contribution in [2.75, 3.05) is 0 Å². The molecule has 0 aromatic heterocycles. The Morgan fingerprint density at radius 1 is 1.33 bits per heavy atom. The second kappa shape index (κ2) is 7.17. The normalized spacial score (nSPS) is 14.2. The summed E-state index contributed by atoms with van der Waals surface area (Å²) in [6, 6.07) is 7.09. The van der Waals surface area contributed by atoms with Crippen LogP contribution in [-0.4, -0.2) is 16.9 Å². The smallest absolute Gasteiger partial charge is 0.140 e. The molecule has 3 nitrogen and oxygen atoms in total. The van der Waals surface area contributed by atoms with E-state index in [0.717, 1.165) is 24.8 Å². The molecule has 18 heavy (non-hydrogen) atoms. The molecule has 1 aromatic rings. The van der Waals surface area contributed by atoms with Crippen molar-refractivity contribution in [2.45, 2.75) is 45.6 Å². The van der Waals surface area contributed by atoms with Crippen molar-refractivity contribution in [3.05, 3.63) is 29.8 Å². The Morgan fingerprint density at radius 3 is 2.67 bits per heavy atom. The molecule has 3 N–H and O–H groups in total. The number of rotatable bonds is 7. The molecule has 1 rings (SSSR count). The van der Waals surface area contributed by atoms with E-state index in [0.29, 0.717) is 6.42 Å². The number of nitrogens with two attached hydrogens (primary N) is 1. The van der Waals surface area contributed by atoms with Gasteiger partial charge in [-0.05, 0) is 37.5 Å². The number of phenols is 1. The van der Waals surface area contributed by atoms with Crippen molar-refractivity contribution < 1.29 is 9.90 Å². The molecule has 0 spiro atoms. The van der Waals surface area contributed by atoms with Crippen LogP contribution in [0.2, 0.25) is 0 Å². The predicted molar refractivity (Wildman–Crippen MR) is 73.5 cm³/mol. The first-order valence-electron chi connectivity index (χ1n) is 6.55. The summed E-state index contributed by atoms with van der Waals surface area (Å²) >= 11 is 0. The van der Waals surface area contributed by atoms with Crippen molar-refractivity contribution in [2.24, 2.45) is 11.7 Å². The zero-order chi connectivity index (χ0) is 13.5. The summed E-state index contributed by atoms with van der Waals surface area (Å²) in [7, 11) is 0. The third-order valence-corrected chi connectivity index (χ3v) is 3.14. The van der Waals surface area contributed by atoms with Crippen molar-refractivity contribution in [3.8, 4) is 5.75 Å². The molecule has 0 aliphatic carbocycles. The van der Waals surface area contributed by atoms with Gasteiger partial charge in [0.2, 0.25) is 0 Å². The van der Waals surface area contributed by atoms with E-state index >= 15 is 0 Å². The Hall–Kier alpha value is -1.35. The minimum Gasteiger partial charge on any atom is -0.508 e. The van der Waals surface area contributed by atoms with E-state index in [1.54, 1.807) is 18.2 Å². The Balaban J connectivity index is 2.40. The summed E-state index contributed by atoms with van der Waals surface area (Å²) in [6.45, 7) is 3.95. The first-order chi connectivity index (χ1) is 8.49. The quantitative estimate of drug-likeness (QED) is 0.781. The van der Waals surface area contributed by atoms with Gasteiger partial charge in [-0.15, -0.1) is 0 Å². The number of phenolic OH excluding ortho intramolecular Hbond substituents is 1. The van der Waals surface area contributed by atoms with Crippen LogP contribution in [0.15, 0.2) is 24.3 Å². The lowest BCUT2D eigenvalue weighted by Gasteiger charge is -2.11. The molecule has 0 bridgehead atoms. The number of Topliss-reactive ketones (excluding diaryl/α,β-unsaturated/α-hetero) is 1. The number of hydrogen-bond donors (Lipinski definition) is 2. The average molecular weight is 249 g/mol. The lowest BCUT2D eigenvalue weighted by atomic mass is 9.94. The maximum absolute atomic E-state index is 12.0. The van der Waals surface area contributed by atoms with Crippen LogP contribution in [0, 0.1) is 5.92 Å². The standard InChI is InChI=1S/C15H23NO2/c1-11(5-3-6-12(2)16)15(18)10-13-7-4-8-14(17)9-13/h4,7-9,11-12,17H,3,5-6,10,16H2,1-2H3. The molecule has 0 aliphatic rings. The summed E-state index contributed by atoms with van der Waals surface area (Å²) in [5.74, 6) is 0.501. The highest BCUT2D eigenvalue weighted by atomic mass is 16.3. The molecule has 0 radical (unpaired) electrons. The van der Waals surface area contributed by atoms with Crippen molar-refractivity contribution >= 4 is 5.78 Å². The lowest BCUT2D eigenvalue weighted by molar-refractivity contribution is -0.121. The number of benzene rings is 1. The second-order valence-corrected chi connectivity index (χ2v) is 5.12. The van der Waals surface area contributed by atoms with Gasteiger partial charge in [0.25, 0.3) is 0 Å². The maximum atomic E-state index is 12.0. The van der Waals surface area contributed by atoms with Gasteiger partial charge in [-0.2, -0.15) is 0 Å². The van der Waals surface area contributed by atoms with Crippen LogP contribution in [0.4, 0.5) is 0 Å². The fraction of sp³-hybridized carbons (Fsp3) is 0.533. The maximum Gasteiger partial charge on any atom is 0.140 e. The fourth-order valence-corrected chi connectivity index (χ4v) is 1.95. The Labute approximate surface area is 109 Å². The van der Waals surface area contributed by atoms with Crippen LogP contribution in [0.25, 0.3) is 0 Å². The number of ketones is 1. The van der Waals surface area contributed by atoms with Crippen LogP contribution >= 0.6 is 0 Å². The minimum atomic E-state index is 0.0612. The first kappa shape index (κ1) is 14.7. The van der Waals surface area contributed by atoms with E-state index in [1.807, 2.05) is 19.9 Å². The molecular formula is C15H23NO2. The van der Waals surface area contributed by atoms with Crippen LogP contribution in [-0.2, 0) is 11.2 Å². The Morgan fingerprint density at radius 2 is 2.06 bits per heavy atom. The number of carbonyl (C=O) groups is 1. The van der Waals surface area contributed by atoms with Crippen molar-refractivity contribution in [1.82, 2.24) is 0 Å². The topological polar surface area (TPSA) is 63.3 Å². The van der Waals surface area contributed by atoms with E-state index in [4.69, 9.17) is 5.73 Å². The van der Waals surface area contributed by atoms with E-state index in [-0.39, 0.29) is 23.5 Å². The predicted octanol–water partition coefficient (Wildman–Crippen LogP) is 2.66. The summed E-state index contributed by atoms with van der Waals surface area (Å²) < 4.78 is 0. The van der Waals surface area contributed by atoms with Crippen LogP contribution < -0.4 is 5.73 Å². The van der Waals surface area contributed by atoms with Gasteiger partial charge in [0.15, 0.2) is 0 Å². The average Bonchev–Trinajstić information content (AvgIpc) is 2.28. The van der Waals surface area contributed by atoms with Crippen LogP contribution in [0.3, 0.4) is 0 Å². The largest absolute Gasteiger partial charge is 0.508 e. The van der Waals surface area contributed by atoms with Gasteiger partial charge in [-0.25, -0.2) is 0 Å². The molecule has 0 amide bonds. The van der Waals surface area contributed by atoms with Gasteiger partial charge < -0.3 is 10.8 Å². The molecular weight excluding hydrogens is 226 g/mol. The van der Waals surface area contributed by atoms with Crippen LogP contribution in [0.5, 0.6) is 5.75 Å². The highest BCUT2D eigenvalue weighted by Crippen LogP contribution is 2.16. The first-order valence-corrected chi connectivity index (χ1v) is 6.55. The highest BCUT2D eigenvalue weighted by molar-refractivity contribution is 5.83. The molecule has 0 heterocycles. The molecule has 0 saturated carbocycles. The van der Waals surface area contributed by atoms with E-state index in [9.17, 15) is 9.90 Å². The lowest BCUT2D eigenvalue weighted by Crippen LogP contribution is -2.17. The van der Waals surface area contributed by atoms with Gasteiger partial charge in [-0.3, -0.25) is 4.79 Å². The molecule has 0 fully saturated rings. The fourth-order valence-electron chi connectivity index (χ4n) is 1.95. The van der Waals surface area contributed by atoms with Gasteiger partial charge in [0.05, 0.1) is 0 Å². The second-order valence-electron chi connectivity index (χ2n) is 5.12. The Bertz CT molecular complexity index is 388. The number of carbonyl (C=O) groups excluding carboxylic acids is 1. The number of hydrogen-bond acceptors (Lipinski definition) is 3. The summed E-state index contributed by atoms with van der Waals surface area (Å²) in [4.78, 5) is 12.0. The summed E-state index contributed by atoms with van der Waals surface area (Å²) in [5, 5.41) is 9.34.